The third-order valence-electron chi connectivity index (χ3n) is 4.93. The maximum atomic E-state index is 12.6. The molecule has 0 bridgehead atoms. The molecule has 0 radical (unpaired) electrons. The molecule has 2 atom stereocenters. The third kappa shape index (κ3) is 3.01. The normalized spacial score (nSPS) is 24.1. The number of hydrogen-bond acceptors (Lipinski definition) is 4. The first-order valence-electron chi connectivity index (χ1n) is 9.07. The van der Waals surface area contributed by atoms with Crippen LogP contribution in [0.15, 0.2) is 66.4 Å². The van der Waals surface area contributed by atoms with E-state index in [1.165, 1.54) is 5.56 Å². The number of esters is 1. The van der Waals surface area contributed by atoms with Gasteiger partial charge in [-0.05, 0) is 31.1 Å². The van der Waals surface area contributed by atoms with Gasteiger partial charge in [0.05, 0.1) is 6.10 Å². The van der Waals surface area contributed by atoms with E-state index in [2.05, 4.69) is 29.6 Å². The summed E-state index contributed by atoms with van der Waals surface area (Å²) in [6, 6.07) is 18.4. The van der Waals surface area contributed by atoms with E-state index in [1.54, 1.807) is 0 Å². The highest BCUT2D eigenvalue weighted by Gasteiger charge is 2.46. The summed E-state index contributed by atoms with van der Waals surface area (Å²) in [7, 11) is 0. The molecular weight excluding hydrogens is 326 g/mol. The van der Waals surface area contributed by atoms with Gasteiger partial charge in [0.2, 0.25) is 5.76 Å². The van der Waals surface area contributed by atoms with E-state index in [-0.39, 0.29) is 17.8 Å². The standard InChI is InChI=1S/C22H23NO3/c1-15(2)25-21(24)20-12-18(16-8-4-3-5-9-16)13-22(26-20)19-11-7-6-10-17(19)14-23-22/h3-12,15,18,23H,13-14H2,1-2H3. The van der Waals surface area contributed by atoms with Crippen LogP contribution < -0.4 is 5.32 Å². The van der Waals surface area contributed by atoms with Crippen LogP contribution in [0.5, 0.6) is 0 Å². The number of rotatable bonds is 3. The molecule has 26 heavy (non-hydrogen) atoms. The average Bonchev–Trinajstić information content (AvgIpc) is 3.00. The van der Waals surface area contributed by atoms with Gasteiger partial charge in [-0.3, -0.25) is 5.32 Å². The molecule has 134 valence electrons. The first-order chi connectivity index (χ1) is 12.6. The first-order valence-corrected chi connectivity index (χ1v) is 9.07. The molecule has 2 heterocycles. The van der Waals surface area contributed by atoms with Crippen molar-refractivity contribution in [2.24, 2.45) is 0 Å². The Kier molecular flexibility index (Phi) is 4.29. The van der Waals surface area contributed by atoms with Crippen LogP contribution >= 0.6 is 0 Å². The van der Waals surface area contributed by atoms with Crippen LogP contribution in [0, 0.1) is 0 Å². The summed E-state index contributed by atoms with van der Waals surface area (Å²) in [6.07, 6.45) is 2.43. The molecule has 2 aromatic carbocycles. The molecule has 2 aromatic rings. The summed E-state index contributed by atoms with van der Waals surface area (Å²) >= 11 is 0. The number of ether oxygens (including phenoxy) is 2. The lowest BCUT2D eigenvalue weighted by atomic mass is 9.84. The van der Waals surface area contributed by atoms with Crippen LogP contribution in [0.3, 0.4) is 0 Å². The van der Waals surface area contributed by atoms with Crippen molar-refractivity contribution in [3.8, 4) is 0 Å². The molecule has 4 heteroatoms. The van der Waals surface area contributed by atoms with Crippen molar-refractivity contribution < 1.29 is 14.3 Å². The minimum Gasteiger partial charge on any atom is -0.461 e. The Morgan fingerprint density at radius 1 is 1.15 bits per heavy atom. The van der Waals surface area contributed by atoms with Crippen molar-refractivity contribution in [1.29, 1.82) is 0 Å². The van der Waals surface area contributed by atoms with E-state index < -0.39 is 11.7 Å². The molecule has 1 spiro atoms. The summed E-state index contributed by atoms with van der Waals surface area (Å²) < 4.78 is 11.7. The number of hydrogen-bond donors (Lipinski definition) is 1. The van der Waals surface area contributed by atoms with E-state index in [1.807, 2.05) is 50.3 Å². The molecule has 2 aliphatic heterocycles. The lowest BCUT2D eigenvalue weighted by Crippen LogP contribution is -2.44. The van der Waals surface area contributed by atoms with Crippen molar-refractivity contribution in [2.45, 2.75) is 44.6 Å². The van der Waals surface area contributed by atoms with Crippen LogP contribution in [-0.2, 0) is 26.5 Å². The number of carbonyl (C=O) groups excluding carboxylic acids is 1. The van der Waals surface area contributed by atoms with Crippen LogP contribution in [0.2, 0.25) is 0 Å². The van der Waals surface area contributed by atoms with Gasteiger partial charge in [0.1, 0.15) is 0 Å². The van der Waals surface area contributed by atoms with Gasteiger partial charge in [-0.1, -0.05) is 54.6 Å². The quantitative estimate of drug-likeness (QED) is 0.852. The Morgan fingerprint density at radius 2 is 1.88 bits per heavy atom. The van der Waals surface area contributed by atoms with Gasteiger partial charge >= 0.3 is 5.97 Å². The smallest absolute Gasteiger partial charge is 0.373 e. The zero-order valence-electron chi connectivity index (χ0n) is 15.1. The second kappa shape index (κ2) is 6.61. The first kappa shape index (κ1) is 16.9. The molecule has 4 rings (SSSR count). The van der Waals surface area contributed by atoms with Gasteiger partial charge in [-0.2, -0.15) is 0 Å². The highest BCUT2D eigenvalue weighted by molar-refractivity contribution is 5.87. The van der Waals surface area contributed by atoms with Crippen molar-refractivity contribution in [2.75, 3.05) is 0 Å². The Bertz CT molecular complexity index is 843. The van der Waals surface area contributed by atoms with Gasteiger partial charge in [-0.25, -0.2) is 4.79 Å². The van der Waals surface area contributed by atoms with Gasteiger partial charge in [0.25, 0.3) is 0 Å². The van der Waals surface area contributed by atoms with Gasteiger partial charge in [-0.15, -0.1) is 0 Å². The molecule has 2 aliphatic rings. The van der Waals surface area contributed by atoms with E-state index in [4.69, 9.17) is 9.47 Å². The number of benzene rings is 2. The summed E-state index contributed by atoms with van der Waals surface area (Å²) in [4.78, 5) is 12.6. The Hall–Kier alpha value is -2.59. The lowest BCUT2D eigenvalue weighted by molar-refractivity contribution is -0.154. The highest BCUT2D eigenvalue weighted by Crippen LogP contribution is 2.45. The predicted molar refractivity (Wildman–Crippen MR) is 99.2 cm³/mol. The second-order valence-electron chi connectivity index (χ2n) is 7.15. The van der Waals surface area contributed by atoms with Crippen molar-refractivity contribution in [3.05, 3.63) is 83.1 Å². The monoisotopic (exact) mass is 349 g/mol. The number of nitrogens with one attached hydrogen (secondary N) is 1. The molecule has 0 aromatic heterocycles. The molecule has 0 amide bonds. The van der Waals surface area contributed by atoms with Gasteiger partial charge in [0, 0.05) is 24.4 Å². The summed E-state index contributed by atoms with van der Waals surface area (Å²) in [5.41, 5.74) is 2.77. The Labute approximate surface area is 153 Å². The Balaban J connectivity index is 1.75. The molecule has 0 aliphatic carbocycles. The fraction of sp³-hybridized carbons (Fsp3) is 0.318. The van der Waals surface area contributed by atoms with Crippen LogP contribution in [-0.4, -0.2) is 12.1 Å². The highest BCUT2D eigenvalue weighted by atomic mass is 16.6. The van der Waals surface area contributed by atoms with Crippen molar-refractivity contribution >= 4 is 5.97 Å². The molecule has 0 saturated heterocycles. The van der Waals surface area contributed by atoms with E-state index in [0.717, 1.165) is 24.1 Å². The largest absolute Gasteiger partial charge is 0.461 e. The fourth-order valence-corrected chi connectivity index (χ4v) is 3.79. The Morgan fingerprint density at radius 3 is 2.65 bits per heavy atom. The SMILES string of the molecule is CC(C)OC(=O)C1=CC(c2ccccc2)CC2(NCc3ccccc32)O1. The van der Waals surface area contributed by atoms with Crippen molar-refractivity contribution in [3.63, 3.8) is 0 Å². The number of carbonyl (C=O) groups is 1. The maximum Gasteiger partial charge on any atom is 0.373 e. The minimum atomic E-state index is -0.697. The van der Waals surface area contributed by atoms with Crippen LogP contribution in [0.25, 0.3) is 0 Å². The van der Waals surface area contributed by atoms with E-state index in [0.29, 0.717) is 0 Å². The summed E-state index contributed by atoms with van der Waals surface area (Å²) in [5, 5.41) is 3.50. The summed E-state index contributed by atoms with van der Waals surface area (Å²) in [6.45, 7) is 4.41. The third-order valence-corrected chi connectivity index (χ3v) is 4.93. The summed E-state index contributed by atoms with van der Waals surface area (Å²) in [5.74, 6) is -0.0625. The topological polar surface area (TPSA) is 47.6 Å². The average molecular weight is 349 g/mol. The lowest BCUT2D eigenvalue weighted by Gasteiger charge is -2.38. The zero-order chi connectivity index (χ0) is 18.1. The van der Waals surface area contributed by atoms with Crippen LogP contribution in [0.4, 0.5) is 0 Å². The van der Waals surface area contributed by atoms with E-state index >= 15 is 0 Å². The van der Waals surface area contributed by atoms with Gasteiger partial charge in [0.15, 0.2) is 5.72 Å². The maximum absolute atomic E-state index is 12.6. The van der Waals surface area contributed by atoms with Gasteiger partial charge < -0.3 is 9.47 Å². The molecular formula is C22H23NO3. The molecule has 2 unspecified atom stereocenters. The number of allylic oxidation sites excluding steroid dienone is 1. The van der Waals surface area contributed by atoms with Crippen LogP contribution in [0.1, 0.15) is 42.9 Å². The fourth-order valence-electron chi connectivity index (χ4n) is 3.79. The molecule has 0 saturated carbocycles. The predicted octanol–water partition coefficient (Wildman–Crippen LogP) is 3.98. The molecule has 4 nitrogen and oxygen atoms in total. The number of fused-ring (bicyclic) bond motifs is 2. The minimum absolute atomic E-state index is 0.0679. The molecule has 1 N–H and O–H groups in total. The van der Waals surface area contributed by atoms with E-state index in [9.17, 15) is 4.79 Å². The zero-order valence-corrected chi connectivity index (χ0v) is 15.1. The van der Waals surface area contributed by atoms with Crippen molar-refractivity contribution in [1.82, 2.24) is 5.32 Å². The molecule has 0 fully saturated rings. The second-order valence-corrected chi connectivity index (χ2v) is 7.15.